The molecule has 3 N–H and O–H groups in total. The number of halogens is 1. The van der Waals surface area contributed by atoms with E-state index in [2.05, 4.69) is 52.0 Å². The van der Waals surface area contributed by atoms with E-state index in [4.69, 9.17) is 25.8 Å². The maximum absolute atomic E-state index is 14.0. The summed E-state index contributed by atoms with van der Waals surface area (Å²) in [6, 6.07) is 34.7. The molecule has 1 saturated heterocycles. The molecule has 0 saturated carbocycles. The number of likely N-dealkylation sites (N-methyl/N-ethyl adjacent to an activating group) is 1. The van der Waals surface area contributed by atoms with E-state index in [0.717, 1.165) is 44.0 Å². The van der Waals surface area contributed by atoms with Crippen LogP contribution in [0.15, 0.2) is 115 Å². The van der Waals surface area contributed by atoms with Crippen LogP contribution < -0.4 is 15.4 Å². The molecule has 4 aromatic carbocycles. The number of hydrogen-bond acceptors (Lipinski definition) is 10. The van der Waals surface area contributed by atoms with E-state index in [1.807, 2.05) is 106 Å². The third-order valence-corrected chi connectivity index (χ3v) is 13.3. The van der Waals surface area contributed by atoms with Crippen LogP contribution in [0.25, 0.3) is 21.6 Å². The number of benzene rings is 4. The van der Waals surface area contributed by atoms with Crippen molar-refractivity contribution in [2.24, 2.45) is 5.41 Å². The van der Waals surface area contributed by atoms with Gasteiger partial charge in [0, 0.05) is 38.9 Å². The number of aryl methyl sites for hydroxylation is 1. The second kappa shape index (κ2) is 26.3. The van der Waals surface area contributed by atoms with Crippen molar-refractivity contribution in [1.82, 2.24) is 25.4 Å². The van der Waals surface area contributed by atoms with Crippen molar-refractivity contribution in [3.8, 4) is 16.2 Å². The minimum Gasteiger partial charge on any atom is -0.492 e. The normalized spacial score (nSPS) is 15.5. The van der Waals surface area contributed by atoms with E-state index < -0.39 is 29.5 Å². The van der Waals surface area contributed by atoms with E-state index in [0.29, 0.717) is 31.2 Å². The topological polar surface area (TPSA) is 160 Å². The number of amides is 4. The van der Waals surface area contributed by atoms with Gasteiger partial charge >= 0.3 is 0 Å². The van der Waals surface area contributed by atoms with Gasteiger partial charge in [-0.2, -0.15) is 0 Å². The SMILES string of the molecule is Cc1ncsc1-c1ccc(CNC(=O)[C@@H]2C[C@@H](O)CN2C(=O)[C@@H](NC(=O)CCOCCOCCC(=O)N(C)CCOc2ccc(/C(=C(/CCCl)c3ccccc3)c3ccccc3)cc2)C(C)(C)C)cc1. The maximum atomic E-state index is 14.0. The Balaban J connectivity index is 0.870. The number of nitrogens with zero attached hydrogens (tertiary/aromatic N) is 3. The average Bonchev–Trinajstić information content (AvgIpc) is 3.98. The fourth-order valence-corrected chi connectivity index (χ4v) is 9.26. The van der Waals surface area contributed by atoms with Gasteiger partial charge in [-0.15, -0.1) is 22.9 Å². The van der Waals surface area contributed by atoms with Crippen LogP contribution in [0.5, 0.6) is 5.75 Å². The van der Waals surface area contributed by atoms with Crippen LogP contribution in [-0.2, 0) is 35.2 Å². The number of carbonyl (C=O) groups excluding carboxylic acids is 4. The molecule has 0 aliphatic carbocycles. The number of rotatable bonds is 24. The van der Waals surface area contributed by atoms with Crippen molar-refractivity contribution in [1.29, 1.82) is 0 Å². The third kappa shape index (κ3) is 15.3. The predicted molar refractivity (Wildman–Crippen MR) is 276 cm³/mol. The van der Waals surface area contributed by atoms with Gasteiger partial charge in [0.2, 0.25) is 23.6 Å². The molecule has 2 heterocycles. The Bertz CT molecular complexity index is 2500. The standard InChI is InChI=1S/C55H66ClN5O8S/c1-38-51(70-37-58-38)43-18-16-39(17-19-43)35-57-53(65)47-34-44(62)36-61(47)54(66)52(55(2,3)4)59-48(63)25-29-67-32-33-68-30-26-49(64)60(5)28-31-69-45-22-20-42(21-23-45)50(41-14-10-7-11-15-41)46(24-27-56)40-12-8-6-9-13-40/h6-23,37,44,47,52,62H,24-36H2,1-5H3,(H,57,65)(H,59,63)/b50-46-/t44-,47+,52-/m1/s1. The highest BCUT2D eigenvalue weighted by Gasteiger charge is 2.44. The summed E-state index contributed by atoms with van der Waals surface area (Å²) in [7, 11) is 1.73. The molecule has 1 aromatic heterocycles. The number of thiazole rings is 1. The van der Waals surface area contributed by atoms with Crippen molar-refractivity contribution in [3.05, 3.63) is 143 Å². The first kappa shape index (κ1) is 53.5. The van der Waals surface area contributed by atoms with E-state index >= 15 is 0 Å². The Morgan fingerprint density at radius 1 is 0.829 bits per heavy atom. The zero-order valence-corrected chi connectivity index (χ0v) is 42.4. The number of ether oxygens (including phenoxy) is 3. The van der Waals surface area contributed by atoms with E-state index in [-0.39, 0.29) is 76.5 Å². The first-order valence-corrected chi connectivity index (χ1v) is 25.2. The monoisotopic (exact) mass is 991 g/mol. The van der Waals surface area contributed by atoms with Crippen molar-refractivity contribution in [2.75, 3.05) is 59.1 Å². The Morgan fingerprint density at radius 3 is 2.07 bits per heavy atom. The number of aliphatic hydroxyl groups excluding tert-OH is 1. The largest absolute Gasteiger partial charge is 0.492 e. The zero-order valence-electron chi connectivity index (χ0n) is 40.8. The van der Waals surface area contributed by atoms with E-state index in [9.17, 15) is 24.3 Å². The Hall–Kier alpha value is -5.90. The summed E-state index contributed by atoms with van der Waals surface area (Å²) >= 11 is 7.89. The van der Waals surface area contributed by atoms with Crippen LogP contribution in [0.1, 0.15) is 74.4 Å². The number of allylic oxidation sites excluding steroid dienone is 1. The molecular weight excluding hydrogens is 926 g/mol. The molecule has 1 aliphatic heterocycles. The van der Waals surface area contributed by atoms with Gasteiger partial charge in [-0.3, -0.25) is 19.2 Å². The molecule has 0 radical (unpaired) electrons. The minimum absolute atomic E-state index is 0.00122. The summed E-state index contributed by atoms with van der Waals surface area (Å²) in [6.07, 6.45) is 0.127. The summed E-state index contributed by atoms with van der Waals surface area (Å²) in [5, 5.41) is 16.4. The maximum Gasteiger partial charge on any atom is 0.246 e. The molecule has 70 heavy (non-hydrogen) atoms. The highest BCUT2D eigenvalue weighted by molar-refractivity contribution is 7.13. The Morgan fingerprint density at radius 2 is 1.46 bits per heavy atom. The summed E-state index contributed by atoms with van der Waals surface area (Å²) in [5.41, 5.74) is 9.61. The van der Waals surface area contributed by atoms with Gasteiger partial charge < -0.3 is 39.8 Å². The summed E-state index contributed by atoms with van der Waals surface area (Å²) in [6.45, 7) is 9.20. The van der Waals surface area contributed by atoms with Gasteiger partial charge in [-0.05, 0) is 69.9 Å². The molecule has 1 aliphatic rings. The second-order valence-electron chi connectivity index (χ2n) is 18.4. The molecule has 15 heteroatoms. The van der Waals surface area contributed by atoms with E-state index in [1.54, 1.807) is 23.3 Å². The molecule has 0 unspecified atom stereocenters. The minimum atomic E-state index is -0.947. The molecule has 372 valence electrons. The molecule has 6 rings (SSSR count). The number of alkyl halides is 1. The number of likely N-dealkylation sites (tertiary alicyclic amines) is 1. The van der Waals surface area contributed by atoms with Crippen molar-refractivity contribution in [3.63, 3.8) is 0 Å². The highest BCUT2D eigenvalue weighted by atomic mass is 35.5. The number of β-amino-alcohol motifs (C(OH)–C–C–N with tert-alkyl or cyclic N) is 1. The van der Waals surface area contributed by atoms with Crippen LogP contribution in [0, 0.1) is 12.3 Å². The Labute approximate surface area is 421 Å². The Kier molecular flexibility index (Phi) is 20.1. The van der Waals surface area contributed by atoms with Crippen molar-refractivity contribution >= 4 is 57.7 Å². The van der Waals surface area contributed by atoms with Gasteiger partial charge in [-0.25, -0.2) is 4.98 Å². The average molecular weight is 993 g/mol. The van der Waals surface area contributed by atoms with Crippen molar-refractivity contribution in [2.45, 2.75) is 78.1 Å². The van der Waals surface area contributed by atoms with Gasteiger partial charge in [0.25, 0.3) is 0 Å². The summed E-state index contributed by atoms with van der Waals surface area (Å²) < 4.78 is 17.3. The quantitative estimate of drug-likeness (QED) is 0.0315. The molecule has 0 bridgehead atoms. The smallest absolute Gasteiger partial charge is 0.246 e. The fourth-order valence-electron chi connectivity index (χ4n) is 8.26. The molecule has 1 fully saturated rings. The fraction of sp³-hybridized carbons (Fsp3) is 0.400. The summed E-state index contributed by atoms with van der Waals surface area (Å²) in [5.74, 6) is -0.0676. The van der Waals surface area contributed by atoms with Gasteiger partial charge in [0.1, 0.15) is 24.4 Å². The van der Waals surface area contributed by atoms with Crippen molar-refractivity contribution < 1.29 is 38.5 Å². The molecule has 5 aromatic rings. The lowest BCUT2D eigenvalue weighted by molar-refractivity contribution is -0.144. The van der Waals surface area contributed by atoms with Crippen LogP contribution in [0.3, 0.4) is 0 Å². The molecule has 4 amide bonds. The second-order valence-corrected chi connectivity index (χ2v) is 19.6. The van der Waals surface area contributed by atoms with Crippen LogP contribution >= 0.6 is 22.9 Å². The van der Waals surface area contributed by atoms with Crippen LogP contribution in [-0.4, -0.2) is 121 Å². The van der Waals surface area contributed by atoms with Gasteiger partial charge in [-0.1, -0.05) is 118 Å². The van der Waals surface area contributed by atoms with Crippen LogP contribution in [0.4, 0.5) is 0 Å². The first-order chi connectivity index (χ1) is 33.7. The lowest BCUT2D eigenvalue weighted by atomic mass is 9.85. The number of hydrogen-bond donors (Lipinski definition) is 3. The van der Waals surface area contributed by atoms with Crippen LogP contribution in [0.2, 0.25) is 0 Å². The zero-order chi connectivity index (χ0) is 50.0. The number of carbonyl (C=O) groups is 4. The van der Waals surface area contributed by atoms with Gasteiger partial charge in [0.05, 0.1) is 61.6 Å². The summed E-state index contributed by atoms with van der Waals surface area (Å²) in [4.78, 5) is 61.7. The lowest BCUT2D eigenvalue weighted by Crippen LogP contribution is -2.57. The molecule has 13 nitrogen and oxygen atoms in total. The first-order valence-electron chi connectivity index (χ1n) is 23.8. The predicted octanol–water partition coefficient (Wildman–Crippen LogP) is 8.17. The third-order valence-electron chi connectivity index (χ3n) is 12.1. The van der Waals surface area contributed by atoms with E-state index in [1.165, 1.54) is 10.5 Å². The molecule has 0 spiro atoms. The molecular formula is C55H66ClN5O8S. The number of nitrogens with one attached hydrogen (secondary N) is 2. The molecule has 3 atom stereocenters. The number of aromatic nitrogens is 1. The van der Waals surface area contributed by atoms with Gasteiger partial charge in [0.15, 0.2) is 0 Å². The lowest BCUT2D eigenvalue weighted by Gasteiger charge is -2.35. The number of aliphatic hydroxyl groups is 1. The highest BCUT2D eigenvalue weighted by Crippen LogP contribution is 2.35.